The third-order valence-corrected chi connectivity index (χ3v) is 4.04. The highest BCUT2D eigenvalue weighted by Crippen LogP contribution is 2.28. The van der Waals surface area contributed by atoms with E-state index in [4.69, 9.17) is 0 Å². The molecule has 1 aromatic carbocycles. The maximum Gasteiger partial charge on any atom is 0.150 e. The Morgan fingerprint density at radius 3 is 2.37 bits per heavy atom. The number of unbranched alkanes of at least 4 members (excludes halogenated alkanes) is 1. The molecular weight excluding hydrogens is 252 g/mol. The average molecular weight is 276 g/mol. The summed E-state index contributed by atoms with van der Waals surface area (Å²) in [4.78, 5) is 11.7. The fourth-order valence-electron chi connectivity index (χ4n) is 1.78. The smallest absolute Gasteiger partial charge is 0.150 e. The zero-order chi connectivity index (χ0) is 14.3. The molecule has 0 bridgehead atoms. The zero-order valence-corrected chi connectivity index (χ0v) is 13.1. The van der Waals surface area contributed by atoms with Gasteiger partial charge in [0, 0.05) is 10.5 Å². The third kappa shape index (κ3) is 6.63. The minimum atomic E-state index is 0.437. The highest BCUT2D eigenvalue weighted by Gasteiger charge is 2.09. The first-order chi connectivity index (χ1) is 8.92. The molecule has 0 unspecified atom stereocenters. The Hall–Kier alpha value is -1.02. The van der Waals surface area contributed by atoms with Crippen LogP contribution in [0.1, 0.15) is 56.0 Å². The van der Waals surface area contributed by atoms with E-state index < -0.39 is 0 Å². The highest BCUT2D eigenvalue weighted by molar-refractivity contribution is 8.08. The molecule has 0 saturated heterocycles. The van der Waals surface area contributed by atoms with Crippen molar-refractivity contribution in [2.75, 3.05) is 5.75 Å². The Bertz CT molecular complexity index is 412. The lowest BCUT2D eigenvalue weighted by Crippen LogP contribution is -2.04. The second kappa shape index (κ2) is 7.54. The van der Waals surface area contributed by atoms with Gasteiger partial charge in [-0.25, -0.2) is 0 Å². The summed E-state index contributed by atoms with van der Waals surface area (Å²) in [5, 5.41) is 0. The normalized spacial score (nSPS) is 11.3. The van der Waals surface area contributed by atoms with E-state index in [0.717, 1.165) is 22.5 Å². The van der Waals surface area contributed by atoms with Crippen LogP contribution in [0.4, 0.5) is 0 Å². The standard InChI is InChI=1S/C17H24OS/c1-14(16-9-7-15(13-18)8-10-16)19-12-6-5-11-17(2,3)4/h7-10,13H,1,5-6,11-12H2,2-4H3. The van der Waals surface area contributed by atoms with Crippen molar-refractivity contribution in [3.63, 3.8) is 0 Å². The van der Waals surface area contributed by atoms with E-state index in [9.17, 15) is 4.79 Å². The number of hydrogen-bond donors (Lipinski definition) is 0. The van der Waals surface area contributed by atoms with Gasteiger partial charge < -0.3 is 0 Å². The van der Waals surface area contributed by atoms with Gasteiger partial charge in [-0.2, -0.15) is 0 Å². The first-order valence-electron chi connectivity index (χ1n) is 6.80. The molecule has 2 heteroatoms. The summed E-state index contributed by atoms with van der Waals surface area (Å²) in [5.41, 5.74) is 2.27. The first-order valence-corrected chi connectivity index (χ1v) is 7.78. The average Bonchev–Trinajstić information content (AvgIpc) is 2.37. The summed E-state index contributed by atoms with van der Waals surface area (Å²) in [6.45, 7) is 11.0. The molecule has 0 heterocycles. The van der Waals surface area contributed by atoms with Crippen molar-refractivity contribution in [2.24, 2.45) is 5.41 Å². The molecule has 0 spiro atoms. The molecule has 0 N–H and O–H groups in total. The zero-order valence-electron chi connectivity index (χ0n) is 12.2. The minimum absolute atomic E-state index is 0.437. The van der Waals surface area contributed by atoms with E-state index in [1.807, 2.05) is 36.0 Å². The van der Waals surface area contributed by atoms with Gasteiger partial charge in [0.05, 0.1) is 0 Å². The van der Waals surface area contributed by atoms with Gasteiger partial charge in [-0.3, -0.25) is 4.79 Å². The summed E-state index contributed by atoms with van der Waals surface area (Å²) in [6.07, 6.45) is 4.64. The molecule has 0 atom stereocenters. The van der Waals surface area contributed by atoms with Crippen LogP contribution >= 0.6 is 11.8 Å². The fourth-order valence-corrected chi connectivity index (χ4v) is 2.68. The summed E-state index contributed by atoms with van der Waals surface area (Å²) >= 11 is 1.81. The van der Waals surface area contributed by atoms with Crippen molar-refractivity contribution < 1.29 is 4.79 Å². The number of carbonyl (C=O) groups excluding carboxylic acids is 1. The molecule has 1 nitrogen and oxygen atoms in total. The van der Waals surface area contributed by atoms with Crippen molar-refractivity contribution in [2.45, 2.75) is 40.0 Å². The second-order valence-corrected chi connectivity index (χ2v) is 7.22. The van der Waals surface area contributed by atoms with Crippen molar-refractivity contribution in [3.05, 3.63) is 42.0 Å². The van der Waals surface area contributed by atoms with Crippen molar-refractivity contribution in [1.29, 1.82) is 0 Å². The Morgan fingerprint density at radius 1 is 1.21 bits per heavy atom. The van der Waals surface area contributed by atoms with E-state index >= 15 is 0 Å². The number of carbonyl (C=O) groups is 1. The largest absolute Gasteiger partial charge is 0.298 e. The monoisotopic (exact) mass is 276 g/mol. The molecular formula is C17H24OS. The molecule has 1 rings (SSSR count). The molecule has 0 saturated carbocycles. The quantitative estimate of drug-likeness (QED) is 0.488. The van der Waals surface area contributed by atoms with Gasteiger partial charge in [0.1, 0.15) is 6.29 Å². The van der Waals surface area contributed by atoms with Crippen LogP contribution in [0, 0.1) is 5.41 Å². The lowest BCUT2D eigenvalue weighted by Gasteiger charge is -2.17. The van der Waals surface area contributed by atoms with E-state index in [0.29, 0.717) is 11.0 Å². The molecule has 0 aliphatic rings. The SMILES string of the molecule is C=C(SCCCCC(C)(C)C)c1ccc(C=O)cc1. The summed E-state index contributed by atoms with van der Waals surface area (Å²) < 4.78 is 0. The first kappa shape index (κ1) is 16.0. The van der Waals surface area contributed by atoms with E-state index in [2.05, 4.69) is 27.4 Å². The minimum Gasteiger partial charge on any atom is -0.298 e. The van der Waals surface area contributed by atoms with Gasteiger partial charge in [-0.15, -0.1) is 11.8 Å². The van der Waals surface area contributed by atoms with Crippen LogP contribution in [-0.2, 0) is 0 Å². The lowest BCUT2D eigenvalue weighted by molar-refractivity contribution is 0.112. The predicted octanol–water partition coefficient (Wildman–Crippen LogP) is 5.42. The van der Waals surface area contributed by atoms with E-state index in [1.54, 1.807) is 0 Å². The van der Waals surface area contributed by atoms with Crippen LogP contribution in [0.25, 0.3) is 4.91 Å². The molecule has 0 amide bonds. The Morgan fingerprint density at radius 2 is 1.84 bits per heavy atom. The lowest BCUT2D eigenvalue weighted by atomic mass is 9.90. The molecule has 104 valence electrons. The maximum absolute atomic E-state index is 10.6. The maximum atomic E-state index is 10.6. The summed E-state index contributed by atoms with van der Waals surface area (Å²) in [6, 6.07) is 7.61. The van der Waals surface area contributed by atoms with Crippen LogP contribution in [0.2, 0.25) is 0 Å². The predicted molar refractivity (Wildman–Crippen MR) is 86.6 cm³/mol. The van der Waals surface area contributed by atoms with E-state index in [1.165, 1.54) is 19.3 Å². The van der Waals surface area contributed by atoms with Gasteiger partial charge in [-0.1, -0.05) is 58.0 Å². The van der Waals surface area contributed by atoms with Gasteiger partial charge in [-0.05, 0) is 29.6 Å². The van der Waals surface area contributed by atoms with Crippen LogP contribution < -0.4 is 0 Å². The summed E-state index contributed by atoms with van der Waals surface area (Å²) in [5.74, 6) is 1.12. The molecule has 0 aromatic heterocycles. The van der Waals surface area contributed by atoms with Gasteiger partial charge in [0.25, 0.3) is 0 Å². The van der Waals surface area contributed by atoms with Crippen molar-refractivity contribution in [3.8, 4) is 0 Å². The Labute approximate surface area is 121 Å². The molecule has 1 aromatic rings. The van der Waals surface area contributed by atoms with Crippen molar-refractivity contribution in [1.82, 2.24) is 0 Å². The van der Waals surface area contributed by atoms with E-state index in [-0.39, 0.29) is 0 Å². The van der Waals surface area contributed by atoms with Gasteiger partial charge >= 0.3 is 0 Å². The van der Waals surface area contributed by atoms with Gasteiger partial charge in [0.15, 0.2) is 0 Å². The topological polar surface area (TPSA) is 17.1 Å². The fraction of sp³-hybridized carbons (Fsp3) is 0.471. The number of benzene rings is 1. The number of rotatable bonds is 7. The van der Waals surface area contributed by atoms with Crippen LogP contribution in [0.15, 0.2) is 30.8 Å². The molecule has 0 fully saturated rings. The number of aldehydes is 1. The van der Waals surface area contributed by atoms with Crippen molar-refractivity contribution >= 4 is 23.0 Å². The third-order valence-electron chi connectivity index (χ3n) is 2.97. The molecule has 19 heavy (non-hydrogen) atoms. The second-order valence-electron chi connectivity index (χ2n) is 6.03. The Balaban J connectivity index is 2.29. The Kier molecular flexibility index (Phi) is 6.36. The molecule has 0 aliphatic heterocycles. The van der Waals surface area contributed by atoms with Crippen LogP contribution in [0.3, 0.4) is 0 Å². The molecule has 0 radical (unpaired) electrons. The van der Waals surface area contributed by atoms with Gasteiger partial charge in [0.2, 0.25) is 0 Å². The highest BCUT2D eigenvalue weighted by atomic mass is 32.2. The molecule has 0 aliphatic carbocycles. The number of hydrogen-bond acceptors (Lipinski definition) is 2. The van der Waals surface area contributed by atoms with Crippen LogP contribution in [-0.4, -0.2) is 12.0 Å². The summed E-state index contributed by atoms with van der Waals surface area (Å²) in [7, 11) is 0. The van der Waals surface area contributed by atoms with Crippen LogP contribution in [0.5, 0.6) is 0 Å². The number of thioether (sulfide) groups is 1.